The summed E-state index contributed by atoms with van der Waals surface area (Å²) >= 11 is 0. The van der Waals surface area contributed by atoms with Crippen molar-refractivity contribution in [3.8, 4) is 11.5 Å². The largest absolute Gasteiger partial charge is 0.488 e. The number of nitrogens with zero attached hydrogens (tertiary/aromatic N) is 5. The Labute approximate surface area is 209 Å². The lowest BCUT2D eigenvalue weighted by Crippen LogP contribution is -2.51. The molecule has 1 aromatic heterocycles. The Hall–Kier alpha value is -4.11. The number of nitrogens with one attached hydrogen (secondary N) is 1. The summed E-state index contributed by atoms with van der Waals surface area (Å²) in [6, 6.07) is 10.4. The van der Waals surface area contributed by atoms with E-state index in [2.05, 4.69) is 37.4 Å². The third-order valence-electron chi connectivity index (χ3n) is 6.51. The van der Waals surface area contributed by atoms with E-state index < -0.39 is 0 Å². The first-order valence-electron chi connectivity index (χ1n) is 12.1. The maximum Gasteiger partial charge on any atom is 0.155 e. The molecule has 9 nitrogen and oxygen atoms in total. The highest BCUT2D eigenvalue weighted by atomic mass is 16.5. The minimum absolute atomic E-state index is 0.233. The second-order valence-electron chi connectivity index (χ2n) is 8.89. The number of aryl methyl sites for hydroxylation is 1. The highest BCUT2D eigenvalue weighted by molar-refractivity contribution is 6.00. The Balaban J connectivity index is 1.26. The molecule has 0 spiro atoms. The topological polar surface area (TPSA) is 84.3 Å². The molecule has 3 aliphatic heterocycles. The number of hydrogen-bond acceptors (Lipinski definition) is 9. The predicted octanol–water partition coefficient (Wildman–Crippen LogP) is 4.38. The number of anilines is 3. The van der Waals surface area contributed by atoms with Gasteiger partial charge in [0.15, 0.2) is 5.75 Å². The van der Waals surface area contributed by atoms with Gasteiger partial charge in [-0.3, -0.25) is 5.01 Å². The van der Waals surface area contributed by atoms with Crippen LogP contribution in [-0.4, -0.2) is 60.1 Å². The maximum absolute atomic E-state index is 6.25. The van der Waals surface area contributed by atoms with Crippen molar-refractivity contribution in [2.75, 3.05) is 43.1 Å². The van der Waals surface area contributed by atoms with Crippen LogP contribution in [0.3, 0.4) is 0 Å². The van der Waals surface area contributed by atoms with Gasteiger partial charge in [0.2, 0.25) is 0 Å². The molecule has 184 valence electrons. The van der Waals surface area contributed by atoms with Crippen molar-refractivity contribution in [3.63, 3.8) is 0 Å². The van der Waals surface area contributed by atoms with E-state index in [0.717, 1.165) is 58.3 Å². The molecule has 1 N–H and O–H groups in total. The van der Waals surface area contributed by atoms with Gasteiger partial charge in [0.05, 0.1) is 42.4 Å². The van der Waals surface area contributed by atoms with Crippen LogP contribution in [0.25, 0.3) is 10.9 Å². The molecule has 0 saturated carbocycles. The van der Waals surface area contributed by atoms with Gasteiger partial charge in [0, 0.05) is 24.6 Å². The zero-order valence-electron chi connectivity index (χ0n) is 20.3. The first-order valence-corrected chi connectivity index (χ1v) is 12.1. The van der Waals surface area contributed by atoms with Crippen molar-refractivity contribution >= 4 is 34.3 Å². The van der Waals surface area contributed by atoms with Crippen LogP contribution in [0.5, 0.6) is 11.5 Å². The van der Waals surface area contributed by atoms with Crippen LogP contribution in [0.4, 0.5) is 17.2 Å². The molecule has 1 fully saturated rings. The Morgan fingerprint density at radius 1 is 1.19 bits per heavy atom. The van der Waals surface area contributed by atoms with Crippen molar-refractivity contribution < 1.29 is 14.2 Å². The molecule has 3 aliphatic rings. The van der Waals surface area contributed by atoms with Crippen LogP contribution in [-0.2, 0) is 4.74 Å². The van der Waals surface area contributed by atoms with Gasteiger partial charge in [-0.2, -0.15) is 5.10 Å². The summed E-state index contributed by atoms with van der Waals surface area (Å²) in [7, 11) is 0. The van der Waals surface area contributed by atoms with Crippen LogP contribution < -0.4 is 19.7 Å². The molecule has 3 aromatic rings. The molecule has 9 heteroatoms. The molecule has 1 unspecified atom stereocenters. The quantitative estimate of drug-likeness (QED) is 0.535. The normalized spacial score (nSPS) is 19.1. The minimum Gasteiger partial charge on any atom is -0.488 e. The molecule has 0 radical (unpaired) electrons. The molecule has 4 heterocycles. The number of benzene rings is 2. The highest BCUT2D eigenvalue weighted by Crippen LogP contribution is 2.43. The van der Waals surface area contributed by atoms with Crippen LogP contribution in [0.2, 0.25) is 0 Å². The molecule has 1 atom stereocenters. The van der Waals surface area contributed by atoms with Crippen molar-refractivity contribution in [3.05, 3.63) is 66.3 Å². The number of aromatic nitrogens is 2. The van der Waals surface area contributed by atoms with Crippen molar-refractivity contribution in [2.24, 2.45) is 5.10 Å². The minimum atomic E-state index is 0.233. The maximum atomic E-state index is 6.25. The third kappa shape index (κ3) is 4.22. The number of allylic oxidation sites excluding steroid dienone is 1. The van der Waals surface area contributed by atoms with Gasteiger partial charge in [-0.25, -0.2) is 9.97 Å². The lowest BCUT2D eigenvalue weighted by atomic mass is 10.1. The van der Waals surface area contributed by atoms with Crippen LogP contribution in [0.15, 0.2) is 65.9 Å². The average molecular weight is 485 g/mol. The fraction of sp³-hybridized carbons (Fsp3) is 0.296. The summed E-state index contributed by atoms with van der Waals surface area (Å²) < 4.78 is 18.0. The number of ether oxygens (including phenoxy) is 3. The van der Waals surface area contributed by atoms with Crippen molar-refractivity contribution in [2.45, 2.75) is 19.9 Å². The van der Waals surface area contributed by atoms with Gasteiger partial charge in [0.25, 0.3) is 0 Å². The number of hydrazone groups is 1. The van der Waals surface area contributed by atoms with Gasteiger partial charge in [0.1, 0.15) is 30.3 Å². The van der Waals surface area contributed by atoms with Gasteiger partial charge in [-0.05, 0) is 61.9 Å². The Morgan fingerprint density at radius 3 is 2.97 bits per heavy atom. The van der Waals surface area contributed by atoms with E-state index in [4.69, 9.17) is 14.2 Å². The summed E-state index contributed by atoms with van der Waals surface area (Å²) in [5.41, 5.74) is 3.83. The van der Waals surface area contributed by atoms with E-state index >= 15 is 0 Å². The molecule has 36 heavy (non-hydrogen) atoms. The van der Waals surface area contributed by atoms with E-state index in [-0.39, 0.29) is 6.04 Å². The second-order valence-corrected chi connectivity index (χ2v) is 8.89. The van der Waals surface area contributed by atoms with E-state index in [1.807, 2.05) is 55.4 Å². The lowest BCUT2D eigenvalue weighted by Gasteiger charge is -2.41. The zero-order valence-corrected chi connectivity index (χ0v) is 20.3. The van der Waals surface area contributed by atoms with Gasteiger partial charge in [-0.1, -0.05) is 0 Å². The Kier molecular flexibility index (Phi) is 5.90. The standard InChI is InChI=1S/C27H28N6O3/c1-3-30-32-10-8-21(9-11-32)36-24-7-4-19(14-18(24)2)31-27-25-22(28-17-29-27)5-6-23-26(25)35-16-20-15-34-13-12-33(20)23/h3-10,14,17,20H,11-13,15-16H2,1-2H3,(H,28,29,31)/b30-3-. The zero-order chi connectivity index (χ0) is 24.5. The van der Waals surface area contributed by atoms with Crippen molar-refractivity contribution in [1.29, 1.82) is 0 Å². The molecular formula is C27H28N6O3. The van der Waals surface area contributed by atoms with Gasteiger partial charge >= 0.3 is 0 Å². The van der Waals surface area contributed by atoms with E-state index in [1.165, 1.54) is 0 Å². The number of hydrogen-bond donors (Lipinski definition) is 1. The first kappa shape index (κ1) is 22.4. The summed E-state index contributed by atoms with van der Waals surface area (Å²) in [4.78, 5) is 11.4. The average Bonchev–Trinajstić information content (AvgIpc) is 2.91. The van der Waals surface area contributed by atoms with Gasteiger partial charge < -0.3 is 24.4 Å². The lowest BCUT2D eigenvalue weighted by molar-refractivity contribution is 0.0709. The van der Waals surface area contributed by atoms with Crippen LogP contribution in [0, 0.1) is 6.92 Å². The van der Waals surface area contributed by atoms with Crippen LogP contribution in [0.1, 0.15) is 12.5 Å². The first-order chi connectivity index (χ1) is 17.7. The monoisotopic (exact) mass is 484 g/mol. The highest BCUT2D eigenvalue weighted by Gasteiger charge is 2.32. The number of morpholine rings is 1. The smallest absolute Gasteiger partial charge is 0.155 e. The number of rotatable bonds is 5. The molecule has 0 bridgehead atoms. The summed E-state index contributed by atoms with van der Waals surface area (Å²) in [6.45, 7) is 7.43. The predicted molar refractivity (Wildman–Crippen MR) is 140 cm³/mol. The fourth-order valence-corrected chi connectivity index (χ4v) is 4.75. The van der Waals surface area contributed by atoms with E-state index in [1.54, 1.807) is 12.5 Å². The van der Waals surface area contributed by atoms with E-state index in [9.17, 15) is 0 Å². The molecule has 0 aliphatic carbocycles. The molecule has 1 saturated heterocycles. The molecule has 6 rings (SSSR count). The summed E-state index contributed by atoms with van der Waals surface area (Å²) in [5.74, 6) is 3.14. The van der Waals surface area contributed by atoms with Crippen molar-refractivity contribution in [1.82, 2.24) is 15.0 Å². The Bertz CT molecular complexity index is 1390. The van der Waals surface area contributed by atoms with E-state index in [0.29, 0.717) is 25.6 Å². The molecular weight excluding hydrogens is 456 g/mol. The Morgan fingerprint density at radius 2 is 2.14 bits per heavy atom. The van der Waals surface area contributed by atoms with Gasteiger partial charge in [-0.15, -0.1) is 0 Å². The summed E-state index contributed by atoms with van der Waals surface area (Å²) in [5, 5.41) is 10.5. The molecule has 2 aromatic carbocycles. The fourth-order valence-electron chi connectivity index (χ4n) is 4.75. The molecule has 0 amide bonds. The number of fused-ring (bicyclic) bond motifs is 5. The third-order valence-corrected chi connectivity index (χ3v) is 6.51. The second kappa shape index (κ2) is 9.50. The van der Waals surface area contributed by atoms with Crippen LogP contribution >= 0.6 is 0 Å². The SMILES string of the molecule is C/C=N\N1C=CC(Oc2ccc(Nc3ncnc4ccc5c(c34)OCC3COCCN53)cc2C)=CC1. The summed E-state index contributed by atoms with van der Waals surface area (Å²) in [6.07, 6.45) is 9.17.